The average molecular weight is 238 g/mol. The van der Waals surface area contributed by atoms with Gasteiger partial charge in [0.15, 0.2) is 0 Å². The van der Waals surface area contributed by atoms with Gasteiger partial charge in [0, 0.05) is 29.7 Å². The van der Waals surface area contributed by atoms with Crippen molar-refractivity contribution in [2.45, 2.75) is 13.3 Å². The maximum Gasteiger partial charge on any atom is 0.258 e. The highest BCUT2D eigenvalue weighted by Gasteiger charge is 2.24. The van der Waals surface area contributed by atoms with Crippen LogP contribution >= 0.6 is 0 Å². The van der Waals surface area contributed by atoms with Crippen LogP contribution in [0.4, 0.5) is 5.69 Å². The van der Waals surface area contributed by atoms with Crippen molar-refractivity contribution in [3.05, 3.63) is 59.4 Å². The van der Waals surface area contributed by atoms with E-state index in [1.165, 1.54) is 5.56 Å². The molecule has 0 bridgehead atoms. The van der Waals surface area contributed by atoms with Crippen LogP contribution in [0.25, 0.3) is 0 Å². The fourth-order valence-electron chi connectivity index (χ4n) is 2.38. The zero-order chi connectivity index (χ0) is 12.5. The summed E-state index contributed by atoms with van der Waals surface area (Å²) in [5.41, 5.74) is 3.86. The van der Waals surface area contributed by atoms with Crippen molar-refractivity contribution >= 4 is 11.6 Å². The third kappa shape index (κ3) is 1.78. The van der Waals surface area contributed by atoms with Crippen LogP contribution in [0.2, 0.25) is 0 Å². The number of aromatic nitrogens is 1. The number of hydrogen-bond donors (Lipinski definition) is 0. The summed E-state index contributed by atoms with van der Waals surface area (Å²) >= 11 is 0. The molecule has 1 amide bonds. The van der Waals surface area contributed by atoms with Crippen LogP contribution in [0.1, 0.15) is 21.6 Å². The normalized spacial score (nSPS) is 13.5. The van der Waals surface area contributed by atoms with E-state index < -0.39 is 0 Å². The van der Waals surface area contributed by atoms with Crippen LogP contribution in [0.5, 0.6) is 0 Å². The summed E-state index contributed by atoms with van der Waals surface area (Å²) in [4.78, 5) is 18.4. The molecule has 3 heteroatoms. The molecule has 3 nitrogen and oxygen atoms in total. The van der Waals surface area contributed by atoms with Crippen LogP contribution in [-0.4, -0.2) is 17.4 Å². The van der Waals surface area contributed by atoms with Gasteiger partial charge in [-0.05, 0) is 37.1 Å². The number of carbonyl (C=O) groups is 1. The standard InChI is InChI=1S/C15H14N2O/c1-11-10-13(6-8-16-11)15(18)17-9-7-12-4-2-3-5-14(12)17/h2-6,8,10H,7,9H2,1H3. The second kappa shape index (κ2) is 4.26. The molecule has 0 N–H and O–H groups in total. The summed E-state index contributed by atoms with van der Waals surface area (Å²) in [6.45, 7) is 2.66. The van der Waals surface area contributed by atoms with Crippen molar-refractivity contribution in [2.24, 2.45) is 0 Å². The second-order valence-electron chi connectivity index (χ2n) is 4.52. The first-order chi connectivity index (χ1) is 8.75. The van der Waals surface area contributed by atoms with E-state index in [0.717, 1.165) is 24.3 Å². The molecular formula is C15H14N2O. The predicted molar refractivity (Wildman–Crippen MR) is 70.8 cm³/mol. The Kier molecular flexibility index (Phi) is 2.59. The largest absolute Gasteiger partial charge is 0.308 e. The first-order valence-electron chi connectivity index (χ1n) is 6.08. The third-order valence-corrected chi connectivity index (χ3v) is 3.28. The van der Waals surface area contributed by atoms with Crippen molar-refractivity contribution in [1.82, 2.24) is 4.98 Å². The zero-order valence-corrected chi connectivity index (χ0v) is 10.3. The lowest BCUT2D eigenvalue weighted by molar-refractivity contribution is 0.0989. The van der Waals surface area contributed by atoms with Crippen molar-refractivity contribution in [3.8, 4) is 0 Å². The predicted octanol–water partition coefficient (Wildman–Crippen LogP) is 2.59. The minimum Gasteiger partial charge on any atom is -0.308 e. The quantitative estimate of drug-likeness (QED) is 0.765. The molecule has 0 atom stereocenters. The Morgan fingerprint density at radius 3 is 2.94 bits per heavy atom. The lowest BCUT2D eigenvalue weighted by Gasteiger charge is -2.17. The minimum absolute atomic E-state index is 0.0606. The Hall–Kier alpha value is -2.16. The third-order valence-electron chi connectivity index (χ3n) is 3.28. The second-order valence-corrected chi connectivity index (χ2v) is 4.52. The highest BCUT2D eigenvalue weighted by molar-refractivity contribution is 6.07. The van der Waals surface area contributed by atoms with Gasteiger partial charge in [0.05, 0.1) is 0 Å². The molecule has 1 aliphatic heterocycles. The van der Waals surface area contributed by atoms with Gasteiger partial charge in [-0.2, -0.15) is 0 Å². The molecule has 0 saturated carbocycles. The maximum atomic E-state index is 12.5. The summed E-state index contributed by atoms with van der Waals surface area (Å²) < 4.78 is 0. The van der Waals surface area contributed by atoms with Gasteiger partial charge < -0.3 is 4.90 Å². The first kappa shape index (κ1) is 11.0. The molecule has 1 aromatic carbocycles. The number of fused-ring (bicyclic) bond motifs is 1. The number of hydrogen-bond acceptors (Lipinski definition) is 2. The maximum absolute atomic E-state index is 12.5. The average Bonchev–Trinajstić information content (AvgIpc) is 2.82. The molecule has 0 fully saturated rings. The number of para-hydroxylation sites is 1. The van der Waals surface area contributed by atoms with Crippen LogP contribution in [0.3, 0.4) is 0 Å². The Morgan fingerprint density at radius 1 is 1.28 bits per heavy atom. The summed E-state index contributed by atoms with van der Waals surface area (Å²) in [5.74, 6) is 0.0606. The molecule has 3 rings (SSSR count). The zero-order valence-electron chi connectivity index (χ0n) is 10.3. The van der Waals surface area contributed by atoms with Gasteiger partial charge in [-0.1, -0.05) is 18.2 Å². The highest BCUT2D eigenvalue weighted by Crippen LogP contribution is 2.28. The molecule has 2 aromatic rings. The van der Waals surface area contributed by atoms with Gasteiger partial charge in [-0.15, -0.1) is 0 Å². The van der Waals surface area contributed by atoms with Gasteiger partial charge in [-0.3, -0.25) is 9.78 Å². The van der Waals surface area contributed by atoms with E-state index in [9.17, 15) is 4.79 Å². The summed E-state index contributed by atoms with van der Waals surface area (Å²) in [7, 11) is 0. The Balaban J connectivity index is 1.96. The van der Waals surface area contributed by atoms with E-state index in [1.807, 2.05) is 36.1 Å². The topological polar surface area (TPSA) is 33.2 Å². The molecule has 1 aromatic heterocycles. The van der Waals surface area contributed by atoms with Crippen LogP contribution in [-0.2, 0) is 6.42 Å². The number of rotatable bonds is 1. The van der Waals surface area contributed by atoms with Crippen molar-refractivity contribution in [1.29, 1.82) is 0 Å². The number of benzene rings is 1. The molecule has 0 radical (unpaired) electrons. The molecule has 0 spiro atoms. The fraction of sp³-hybridized carbons (Fsp3) is 0.200. The number of aryl methyl sites for hydroxylation is 1. The van der Waals surface area contributed by atoms with Gasteiger partial charge in [0.2, 0.25) is 0 Å². The number of carbonyl (C=O) groups excluding carboxylic acids is 1. The molecule has 0 unspecified atom stereocenters. The van der Waals surface area contributed by atoms with E-state index in [2.05, 4.69) is 11.1 Å². The van der Waals surface area contributed by atoms with Crippen molar-refractivity contribution < 1.29 is 4.79 Å². The van der Waals surface area contributed by atoms with Crippen LogP contribution < -0.4 is 4.90 Å². The van der Waals surface area contributed by atoms with Crippen molar-refractivity contribution in [2.75, 3.05) is 11.4 Å². The van der Waals surface area contributed by atoms with E-state index in [-0.39, 0.29) is 5.91 Å². The number of amides is 1. The van der Waals surface area contributed by atoms with E-state index in [4.69, 9.17) is 0 Å². The van der Waals surface area contributed by atoms with Gasteiger partial charge >= 0.3 is 0 Å². The van der Waals surface area contributed by atoms with Crippen LogP contribution in [0, 0.1) is 6.92 Å². The lowest BCUT2D eigenvalue weighted by Crippen LogP contribution is -2.28. The van der Waals surface area contributed by atoms with E-state index in [1.54, 1.807) is 12.3 Å². The SMILES string of the molecule is Cc1cc(C(=O)N2CCc3ccccc32)ccn1. The van der Waals surface area contributed by atoms with Crippen LogP contribution in [0.15, 0.2) is 42.6 Å². The van der Waals surface area contributed by atoms with Crippen molar-refractivity contribution in [3.63, 3.8) is 0 Å². The number of anilines is 1. The lowest BCUT2D eigenvalue weighted by atomic mass is 10.1. The summed E-state index contributed by atoms with van der Waals surface area (Å²) in [5, 5.41) is 0. The monoisotopic (exact) mass is 238 g/mol. The highest BCUT2D eigenvalue weighted by atomic mass is 16.2. The molecule has 2 heterocycles. The summed E-state index contributed by atoms with van der Waals surface area (Å²) in [6, 6.07) is 11.7. The molecular weight excluding hydrogens is 224 g/mol. The fourth-order valence-corrected chi connectivity index (χ4v) is 2.38. The molecule has 90 valence electrons. The van der Waals surface area contributed by atoms with Gasteiger partial charge in [0.25, 0.3) is 5.91 Å². The number of pyridine rings is 1. The van der Waals surface area contributed by atoms with Gasteiger partial charge in [0.1, 0.15) is 0 Å². The van der Waals surface area contributed by atoms with E-state index >= 15 is 0 Å². The number of nitrogens with zero attached hydrogens (tertiary/aromatic N) is 2. The Labute approximate surface area is 106 Å². The molecule has 1 aliphatic rings. The smallest absolute Gasteiger partial charge is 0.258 e. The van der Waals surface area contributed by atoms with Gasteiger partial charge in [-0.25, -0.2) is 0 Å². The Bertz CT molecular complexity index is 607. The van der Waals surface area contributed by atoms with E-state index in [0.29, 0.717) is 5.56 Å². The molecule has 0 saturated heterocycles. The minimum atomic E-state index is 0.0606. The first-order valence-corrected chi connectivity index (χ1v) is 6.08. The Morgan fingerprint density at radius 2 is 2.11 bits per heavy atom. The summed E-state index contributed by atoms with van der Waals surface area (Å²) in [6.07, 6.45) is 2.62. The molecule has 18 heavy (non-hydrogen) atoms. The molecule has 0 aliphatic carbocycles.